The van der Waals surface area contributed by atoms with Crippen LogP contribution in [-0.2, 0) is 20.2 Å². The minimum absolute atomic E-state index is 0.0543. The van der Waals surface area contributed by atoms with Crippen molar-refractivity contribution in [1.82, 2.24) is 15.3 Å². The number of carbonyl (C=O) groups is 1. The molecule has 5 rings (SSSR count). The molecule has 2 N–H and O–H groups in total. The summed E-state index contributed by atoms with van der Waals surface area (Å²) in [5.41, 5.74) is 3.23. The monoisotopic (exact) mass is 525 g/mol. The maximum absolute atomic E-state index is 14.2. The molecule has 37 heavy (non-hydrogen) atoms. The van der Waals surface area contributed by atoms with Crippen molar-refractivity contribution in [2.24, 2.45) is 4.36 Å². The molecule has 0 saturated carbocycles. The molecule has 3 heterocycles. The van der Waals surface area contributed by atoms with E-state index in [4.69, 9.17) is 13.8 Å². The number of rotatable bonds is 7. The summed E-state index contributed by atoms with van der Waals surface area (Å²) < 4.78 is 30.4. The van der Waals surface area contributed by atoms with Crippen LogP contribution in [0.25, 0.3) is 10.9 Å². The molecule has 2 aliphatic rings. The van der Waals surface area contributed by atoms with Crippen LogP contribution >= 0.6 is 0 Å². The molecule has 0 bridgehead atoms. The average Bonchev–Trinajstić information content (AvgIpc) is 3.39. The number of amides is 1. The number of nitrogens with zero attached hydrogens (tertiary/aromatic N) is 3. The zero-order valence-corrected chi connectivity index (χ0v) is 21.9. The largest absolute Gasteiger partial charge is 0.479 e. The van der Waals surface area contributed by atoms with E-state index in [1.54, 1.807) is 13.0 Å². The predicted molar refractivity (Wildman–Crippen MR) is 144 cm³/mol. The van der Waals surface area contributed by atoms with Crippen molar-refractivity contribution in [1.29, 1.82) is 0 Å². The van der Waals surface area contributed by atoms with Gasteiger partial charge in [-0.2, -0.15) is 0 Å². The van der Waals surface area contributed by atoms with E-state index in [9.17, 15) is 9.18 Å². The topological polar surface area (TPSA) is 97.7 Å². The molecule has 1 amide bonds. The Morgan fingerprint density at radius 2 is 1.97 bits per heavy atom. The molecule has 196 valence electrons. The van der Waals surface area contributed by atoms with Crippen LogP contribution in [0.1, 0.15) is 38.2 Å². The van der Waals surface area contributed by atoms with E-state index in [-0.39, 0.29) is 28.4 Å². The third kappa shape index (κ3) is 6.24. The Morgan fingerprint density at radius 3 is 2.76 bits per heavy atom. The van der Waals surface area contributed by atoms with Crippen molar-refractivity contribution in [2.45, 2.75) is 51.7 Å². The van der Waals surface area contributed by atoms with Crippen LogP contribution in [0.3, 0.4) is 0 Å². The SMILES string of the molecule is Cc1cc(N=S2CCCC2)cc2ncnc(Nc3ccc(F)cc3O[C@H](C)C(=O)NC3CCOCC3)c12. The van der Waals surface area contributed by atoms with Gasteiger partial charge in [-0.3, -0.25) is 4.79 Å². The van der Waals surface area contributed by atoms with E-state index >= 15 is 0 Å². The van der Waals surface area contributed by atoms with Crippen LogP contribution < -0.4 is 15.4 Å². The van der Waals surface area contributed by atoms with Crippen molar-refractivity contribution in [2.75, 3.05) is 30.0 Å². The molecule has 2 saturated heterocycles. The first-order valence-electron chi connectivity index (χ1n) is 12.7. The van der Waals surface area contributed by atoms with E-state index in [0.29, 0.717) is 24.7 Å². The van der Waals surface area contributed by atoms with E-state index in [0.717, 1.165) is 46.5 Å². The summed E-state index contributed by atoms with van der Waals surface area (Å²) in [5.74, 6) is 2.42. The van der Waals surface area contributed by atoms with Gasteiger partial charge in [0.1, 0.15) is 23.7 Å². The van der Waals surface area contributed by atoms with Gasteiger partial charge in [-0.15, -0.1) is 0 Å². The standard InChI is InChI=1S/C27H32FN5O3S/c1-17-13-21(33-37-11-3-4-12-37)15-23-25(17)26(30-16-29-23)32-22-6-5-19(28)14-24(22)36-18(2)27(34)31-20-7-9-35-10-8-20/h5-6,13-16,18,20H,3-4,7-12H2,1-2H3,(H,31,34)(H,29,30,32)/t18-/m1/s1. The number of nitrogens with one attached hydrogen (secondary N) is 2. The first-order valence-corrected chi connectivity index (χ1v) is 14.2. The number of anilines is 2. The van der Waals surface area contributed by atoms with E-state index in [1.807, 2.05) is 13.0 Å². The summed E-state index contributed by atoms with van der Waals surface area (Å²) in [6.45, 7) is 4.92. The van der Waals surface area contributed by atoms with Crippen LogP contribution in [0.4, 0.5) is 21.6 Å². The van der Waals surface area contributed by atoms with Gasteiger partial charge in [-0.05, 0) is 69.4 Å². The van der Waals surface area contributed by atoms with Gasteiger partial charge in [0.05, 0.1) is 16.9 Å². The number of hydrogen-bond acceptors (Lipinski definition) is 7. The van der Waals surface area contributed by atoms with Crippen LogP contribution in [0.5, 0.6) is 5.75 Å². The second kappa shape index (κ2) is 11.5. The van der Waals surface area contributed by atoms with Crippen molar-refractivity contribution in [3.8, 4) is 5.75 Å². The Hall–Kier alpha value is -3.11. The van der Waals surface area contributed by atoms with Crippen molar-refractivity contribution >= 4 is 44.7 Å². The number of benzene rings is 2. The second-order valence-electron chi connectivity index (χ2n) is 9.47. The van der Waals surface area contributed by atoms with Gasteiger partial charge in [-0.25, -0.2) is 18.7 Å². The van der Waals surface area contributed by atoms with E-state index < -0.39 is 11.9 Å². The Morgan fingerprint density at radius 1 is 1.19 bits per heavy atom. The Balaban J connectivity index is 1.38. The molecule has 2 fully saturated rings. The van der Waals surface area contributed by atoms with Gasteiger partial charge in [-0.1, -0.05) is 10.7 Å². The third-order valence-corrected chi connectivity index (χ3v) is 8.59. The number of aryl methyl sites for hydroxylation is 1. The van der Waals surface area contributed by atoms with Gasteiger partial charge in [0.2, 0.25) is 0 Å². The molecule has 8 nitrogen and oxygen atoms in total. The number of hydrogen-bond donors (Lipinski definition) is 2. The molecule has 0 aliphatic carbocycles. The molecule has 0 unspecified atom stereocenters. The lowest BCUT2D eigenvalue weighted by atomic mass is 10.1. The highest BCUT2D eigenvalue weighted by molar-refractivity contribution is 7.87. The molecule has 2 aliphatic heterocycles. The fourth-order valence-corrected chi connectivity index (χ4v) is 6.49. The van der Waals surface area contributed by atoms with Gasteiger partial charge < -0.3 is 20.1 Å². The highest BCUT2D eigenvalue weighted by Crippen LogP contribution is 2.34. The van der Waals surface area contributed by atoms with Gasteiger partial charge >= 0.3 is 0 Å². The van der Waals surface area contributed by atoms with Crippen LogP contribution in [0, 0.1) is 12.7 Å². The minimum atomic E-state index is -0.810. The van der Waals surface area contributed by atoms with Gasteiger partial charge in [0, 0.05) is 42.2 Å². The zero-order chi connectivity index (χ0) is 25.8. The average molecular weight is 526 g/mol. The Labute approximate surface area is 218 Å². The van der Waals surface area contributed by atoms with Gasteiger partial charge in [0.25, 0.3) is 5.91 Å². The molecule has 1 atom stereocenters. The first kappa shape index (κ1) is 25.5. The first-order chi connectivity index (χ1) is 18.0. The quantitative estimate of drug-likeness (QED) is 0.445. The third-order valence-electron chi connectivity index (χ3n) is 6.60. The predicted octanol–water partition coefficient (Wildman–Crippen LogP) is 5.11. The molecule has 2 aromatic carbocycles. The normalized spacial score (nSPS) is 17.5. The lowest BCUT2D eigenvalue weighted by molar-refractivity contribution is -0.128. The smallest absolute Gasteiger partial charge is 0.260 e. The molecule has 3 aromatic rings. The number of aromatic nitrogens is 2. The van der Waals surface area contributed by atoms with Crippen molar-refractivity contribution in [3.05, 3.63) is 48.0 Å². The van der Waals surface area contributed by atoms with E-state index in [2.05, 4.69) is 26.7 Å². The summed E-state index contributed by atoms with van der Waals surface area (Å²) in [6.07, 6.45) is 4.71. The summed E-state index contributed by atoms with van der Waals surface area (Å²) in [7, 11) is 0.0908. The highest BCUT2D eigenvalue weighted by Gasteiger charge is 2.22. The fraction of sp³-hybridized carbons (Fsp3) is 0.444. The fourth-order valence-electron chi connectivity index (χ4n) is 4.63. The summed E-state index contributed by atoms with van der Waals surface area (Å²) >= 11 is 0. The molecule has 1 aromatic heterocycles. The summed E-state index contributed by atoms with van der Waals surface area (Å²) in [5, 5.41) is 7.14. The highest BCUT2D eigenvalue weighted by atomic mass is 32.2. The maximum Gasteiger partial charge on any atom is 0.260 e. The lowest BCUT2D eigenvalue weighted by Crippen LogP contribution is -2.44. The van der Waals surface area contributed by atoms with Crippen molar-refractivity contribution in [3.63, 3.8) is 0 Å². The van der Waals surface area contributed by atoms with Crippen LogP contribution in [0.2, 0.25) is 0 Å². The number of halogens is 1. The van der Waals surface area contributed by atoms with Crippen LogP contribution in [-0.4, -0.2) is 52.7 Å². The summed E-state index contributed by atoms with van der Waals surface area (Å²) in [4.78, 5) is 21.7. The molecule has 10 heteroatoms. The molecule has 0 spiro atoms. The maximum atomic E-state index is 14.2. The molecular weight excluding hydrogens is 493 g/mol. The Bertz CT molecular complexity index is 1320. The van der Waals surface area contributed by atoms with Crippen molar-refractivity contribution < 1.29 is 18.7 Å². The zero-order valence-electron chi connectivity index (χ0n) is 21.1. The molecular formula is C27H32FN5O3S. The Kier molecular flexibility index (Phi) is 7.95. The minimum Gasteiger partial charge on any atom is -0.479 e. The number of carbonyl (C=O) groups excluding carboxylic acids is 1. The number of ether oxygens (including phenoxy) is 2. The van der Waals surface area contributed by atoms with E-state index in [1.165, 1.54) is 31.3 Å². The number of fused-ring (bicyclic) bond motifs is 1. The second-order valence-corrected chi connectivity index (χ2v) is 11.4. The van der Waals surface area contributed by atoms with Crippen LogP contribution in [0.15, 0.2) is 41.0 Å². The summed E-state index contributed by atoms with van der Waals surface area (Å²) in [6, 6.07) is 8.31. The molecule has 0 radical (unpaired) electrons. The lowest BCUT2D eigenvalue weighted by Gasteiger charge is -2.25. The van der Waals surface area contributed by atoms with Gasteiger partial charge in [0.15, 0.2) is 6.10 Å².